The van der Waals surface area contributed by atoms with Crippen molar-refractivity contribution in [3.8, 4) is 17.2 Å². The summed E-state index contributed by atoms with van der Waals surface area (Å²) < 4.78 is 12.8. The first-order valence-corrected chi connectivity index (χ1v) is 11.3. The first-order chi connectivity index (χ1) is 15.8. The van der Waals surface area contributed by atoms with Crippen molar-refractivity contribution in [3.05, 3.63) is 66.1 Å². The molecule has 33 heavy (non-hydrogen) atoms. The fourth-order valence-corrected chi connectivity index (χ4v) is 4.28. The minimum Gasteiger partial charge on any atom is -0.497 e. The molecule has 2 aromatic heterocycles. The Hall–Kier alpha value is -3.48. The third-order valence-electron chi connectivity index (χ3n) is 6.25. The zero-order valence-electron chi connectivity index (χ0n) is 19.6. The topological polar surface area (TPSA) is 76.7 Å². The molecular weight excluding hydrogens is 418 g/mol. The van der Waals surface area contributed by atoms with Crippen LogP contribution in [0.4, 0.5) is 0 Å². The Morgan fingerprint density at radius 3 is 2.67 bits per heavy atom. The average Bonchev–Trinajstić information content (AvgIpc) is 3.46. The molecule has 7 nitrogen and oxygen atoms in total. The van der Waals surface area contributed by atoms with Crippen molar-refractivity contribution in [1.29, 1.82) is 0 Å². The second-order valence-corrected chi connectivity index (χ2v) is 9.12. The van der Waals surface area contributed by atoms with Crippen molar-refractivity contribution in [3.63, 3.8) is 0 Å². The molecule has 0 spiro atoms. The van der Waals surface area contributed by atoms with E-state index in [9.17, 15) is 9.59 Å². The molecule has 2 amide bonds. The summed E-state index contributed by atoms with van der Waals surface area (Å²) in [5.74, 6) is 1.49. The molecule has 4 rings (SSSR count). The number of furan rings is 1. The molecule has 1 atom stereocenters. The molecule has 0 saturated carbocycles. The van der Waals surface area contributed by atoms with Crippen molar-refractivity contribution in [1.82, 2.24) is 14.8 Å². The van der Waals surface area contributed by atoms with E-state index >= 15 is 0 Å². The van der Waals surface area contributed by atoms with E-state index in [-0.39, 0.29) is 11.8 Å². The molecule has 0 radical (unpaired) electrons. The van der Waals surface area contributed by atoms with Gasteiger partial charge in [-0.1, -0.05) is 26.0 Å². The number of ether oxygens (including phenoxy) is 1. The molecule has 0 fully saturated rings. The van der Waals surface area contributed by atoms with Crippen LogP contribution in [-0.2, 0) is 17.9 Å². The van der Waals surface area contributed by atoms with Crippen molar-refractivity contribution in [2.45, 2.75) is 45.8 Å². The molecule has 7 heteroatoms. The van der Waals surface area contributed by atoms with Gasteiger partial charge in [0.2, 0.25) is 5.91 Å². The lowest BCUT2D eigenvalue weighted by Crippen LogP contribution is -2.63. The van der Waals surface area contributed by atoms with Crippen LogP contribution in [0.25, 0.3) is 11.5 Å². The average molecular weight is 450 g/mol. The van der Waals surface area contributed by atoms with Gasteiger partial charge in [-0.15, -0.1) is 0 Å². The van der Waals surface area contributed by atoms with Gasteiger partial charge in [0.25, 0.3) is 5.91 Å². The van der Waals surface area contributed by atoms with Gasteiger partial charge >= 0.3 is 0 Å². The van der Waals surface area contributed by atoms with Crippen LogP contribution in [0.3, 0.4) is 0 Å². The zero-order valence-corrected chi connectivity index (χ0v) is 19.6. The summed E-state index contributed by atoms with van der Waals surface area (Å²) >= 11 is 0. The monoisotopic (exact) mass is 449 g/mol. The van der Waals surface area contributed by atoms with Crippen LogP contribution in [0.1, 0.15) is 43.2 Å². The fraction of sp³-hybridized carbons (Fsp3) is 0.385. The number of carbonyl (C=O) groups excluding carboxylic acids is 2. The lowest BCUT2D eigenvalue weighted by atomic mass is 9.93. The normalized spacial score (nSPS) is 17.8. The van der Waals surface area contributed by atoms with Gasteiger partial charge < -0.3 is 23.9 Å². The number of nitrogens with zero attached hydrogens (tertiary/aromatic N) is 2. The summed E-state index contributed by atoms with van der Waals surface area (Å²) in [4.78, 5) is 28.9. The number of hydrogen-bond donors (Lipinski definition) is 1. The molecule has 0 aliphatic carbocycles. The minimum atomic E-state index is -1.08. The fourth-order valence-electron chi connectivity index (χ4n) is 4.28. The minimum absolute atomic E-state index is 0.163. The molecule has 1 aliphatic heterocycles. The first-order valence-electron chi connectivity index (χ1n) is 11.3. The summed E-state index contributed by atoms with van der Waals surface area (Å²) in [6.45, 7) is 7.27. The van der Waals surface area contributed by atoms with Gasteiger partial charge in [0.15, 0.2) is 0 Å². The molecule has 0 unspecified atom stereocenters. The summed E-state index contributed by atoms with van der Waals surface area (Å²) in [6.07, 6.45) is 2.48. The molecular formula is C26H31N3O4. The van der Waals surface area contributed by atoms with Crippen molar-refractivity contribution < 1.29 is 18.7 Å². The SMILES string of the molecule is COc1cccc(CN2C(=O)c3ccc(-c4ccco4)n3C[C@]2(C)C(=O)NCCC(C)C)c1. The maximum absolute atomic E-state index is 13.7. The van der Waals surface area contributed by atoms with Gasteiger partial charge in [-0.2, -0.15) is 0 Å². The van der Waals surface area contributed by atoms with Crippen LogP contribution in [0.2, 0.25) is 0 Å². The van der Waals surface area contributed by atoms with E-state index in [2.05, 4.69) is 19.2 Å². The Morgan fingerprint density at radius 1 is 1.18 bits per heavy atom. The largest absolute Gasteiger partial charge is 0.497 e. The van der Waals surface area contributed by atoms with Gasteiger partial charge in [0.1, 0.15) is 22.7 Å². The molecule has 1 N–H and O–H groups in total. The number of methoxy groups -OCH3 is 1. The lowest BCUT2D eigenvalue weighted by molar-refractivity contribution is -0.133. The number of hydrogen-bond acceptors (Lipinski definition) is 4. The Balaban J connectivity index is 1.72. The number of nitrogens with one attached hydrogen (secondary N) is 1. The molecule has 0 bridgehead atoms. The first kappa shape index (κ1) is 22.7. The van der Waals surface area contributed by atoms with E-state index in [0.29, 0.717) is 42.8 Å². The van der Waals surface area contributed by atoms with Crippen molar-refractivity contribution in [2.24, 2.45) is 5.92 Å². The highest BCUT2D eigenvalue weighted by Crippen LogP contribution is 2.34. The molecule has 174 valence electrons. The summed E-state index contributed by atoms with van der Waals surface area (Å²) in [5.41, 5.74) is 1.14. The van der Waals surface area contributed by atoms with E-state index in [0.717, 1.165) is 17.7 Å². The molecule has 1 aliphatic rings. The Kier molecular flexibility index (Phi) is 6.31. The molecule has 0 saturated heterocycles. The third-order valence-corrected chi connectivity index (χ3v) is 6.25. The summed E-state index contributed by atoms with van der Waals surface area (Å²) in [6, 6.07) is 14.9. The number of fused-ring (bicyclic) bond motifs is 1. The Morgan fingerprint density at radius 2 is 1.97 bits per heavy atom. The van der Waals surface area contributed by atoms with E-state index < -0.39 is 5.54 Å². The third kappa shape index (κ3) is 4.40. The number of carbonyl (C=O) groups is 2. The molecule has 3 heterocycles. The van der Waals surface area contributed by atoms with Crippen LogP contribution in [0, 0.1) is 5.92 Å². The smallest absolute Gasteiger partial charge is 0.271 e. The summed E-state index contributed by atoms with van der Waals surface area (Å²) in [7, 11) is 1.61. The Labute approximate surface area is 194 Å². The number of amides is 2. The van der Waals surface area contributed by atoms with E-state index in [1.165, 1.54) is 0 Å². The molecule has 1 aromatic carbocycles. The second-order valence-electron chi connectivity index (χ2n) is 9.12. The second kappa shape index (κ2) is 9.17. The van der Waals surface area contributed by atoms with Gasteiger partial charge in [0.05, 0.1) is 25.6 Å². The van der Waals surface area contributed by atoms with Gasteiger partial charge in [-0.25, -0.2) is 0 Å². The highest BCUT2D eigenvalue weighted by molar-refractivity contribution is 6.00. The number of benzene rings is 1. The standard InChI is InChI=1S/C26H31N3O4/c1-18(2)12-13-27-25(31)26(3)17-28-21(23-9-6-14-33-23)10-11-22(28)24(30)29(26)16-19-7-5-8-20(15-19)32-4/h5-11,14-15,18H,12-13,16-17H2,1-4H3,(H,27,31)/t26-/m1/s1. The maximum atomic E-state index is 13.7. The lowest BCUT2D eigenvalue weighted by Gasteiger charge is -2.44. The van der Waals surface area contributed by atoms with Crippen LogP contribution >= 0.6 is 0 Å². The quantitative estimate of drug-likeness (QED) is 0.555. The predicted molar refractivity (Wildman–Crippen MR) is 126 cm³/mol. The van der Waals surface area contributed by atoms with Crippen molar-refractivity contribution >= 4 is 11.8 Å². The van der Waals surface area contributed by atoms with Crippen LogP contribution in [-0.4, -0.2) is 40.5 Å². The van der Waals surface area contributed by atoms with Gasteiger partial charge in [-0.05, 0) is 61.2 Å². The Bertz CT molecular complexity index is 1130. The number of rotatable bonds is 8. The predicted octanol–water partition coefficient (Wildman–Crippen LogP) is 4.33. The maximum Gasteiger partial charge on any atom is 0.271 e. The van der Waals surface area contributed by atoms with E-state index in [1.54, 1.807) is 24.3 Å². The van der Waals surface area contributed by atoms with Gasteiger partial charge in [-0.3, -0.25) is 9.59 Å². The van der Waals surface area contributed by atoms with Crippen LogP contribution < -0.4 is 10.1 Å². The number of aromatic nitrogens is 1. The van der Waals surface area contributed by atoms with E-state index in [4.69, 9.17) is 9.15 Å². The highest BCUT2D eigenvalue weighted by Gasteiger charge is 2.47. The zero-order chi connectivity index (χ0) is 23.6. The molecule has 3 aromatic rings. The van der Waals surface area contributed by atoms with Crippen LogP contribution in [0.5, 0.6) is 5.75 Å². The van der Waals surface area contributed by atoms with E-state index in [1.807, 2.05) is 54.0 Å². The van der Waals surface area contributed by atoms with Crippen molar-refractivity contribution in [2.75, 3.05) is 13.7 Å². The van der Waals surface area contributed by atoms with Gasteiger partial charge in [0, 0.05) is 13.1 Å². The highest BCUT2D eigenvalue weighted by atomic mass is 16.5. The van der Waals surface area contributed by atoms with Crippen LogP contribution in [0.15, 0.2) is 59.2 Å². The summed E-state index contributed by atoms with van der Waals surface area (Å²) in [5, 5.41) is 3.07.